The van der Waals surface area contributed by atoms with Crippen molar-refractivity contribution in [3.63, 3.8) is 0 Å². The summed E-state index contributed by atoms with van der Waals surface area (Å²) < 4.78 is 6.90. The number of Topliss-reactive ketones (excluding diaryl/α,β-unsaturated/α-hetero) is 1. The fraction of sp³-hybridized carbons (Fsp3) is 0.421. The van der Waals surface area contributed by atoms with Gasteiger partial charge in [-0.25, -0.2) is 4.79 Å². The Labute approximate surface area is 156 Å². The number of rotatable bonds is 5. The van der Waals surface area contributed by atoms with Crippen LogP contribution in [0.4, 0.5) is 5.69 Å². The first-order valence-electron chi connectivity index (χ1n) is 8.88. The van der Waals surface area contributed by atoms with Crippen LogP contribution in [0.5, 0.6) is 0 Å². The highest BCUT2D eigenvalue weighted by atomic mass is 16.6. The molecule has 1 atom stereocenters. The third-order valence-electron chi connectivity index (χ3n) is 4.80. The first-order valence-corrected chi connectivity index (χ1v) is 8.88. The van der Waals surface area contributed by atoms with Crippen LogP contribution in [0, 0.1) is 24.0 Å². The zero-order chi connectivity index (χ0) is 19.6. The zero-order valence-electron chi connectivity index (χ0n) is 15.3. The van der Waals surface area contributed by atoms with Gasteiger partial charge in [0.1, 0.15) is 11.4 Å². The molecule has 142 valence electrons. The average Bonchev–Trinajstić information content (AvgIpc) is 2.91. The maximum Gasteiger partial charge on any atom is 0.338 e. The van der Waals surface area contributed by atoms with E-state index in [0.29, 0.717) is 36.3 Å². The maximum atomic E-state index is 12.2. The summed E-state index contributed by atoms with van der Waals surface area (Å²) in [6, 6.07) is 6.76. The summed E-state index contributed by atoms with van der Waals surface area (Å²) in [7, 11) is 0. The highest BCUT2D eigenvalue weighted by molar-refractivity contribution is 5.93. The van der Waals surface area contributed by atoms with Crippen molar-refractivity contribution in [2.75, 3.05) is 0 Å². The summed E-state index contributed by atoms with van der Waals surface area (Å²) in [5.74, 6) is -0.527. The van der Waals surface area contributed by atoms with E-state index in [1.165, 1.54) is 0 Å². The SMILES string of the molecule is Cc1nn(Cc2ccc(C(=O)O[C@H]3CCCCC3=O)cc2)c(C)c1[N+](=O)[O-]. The molecule has 0 bridgehead atoms. The minimum atomic E-state index is -0.638. The van der Waals surface area contributed by atoms with Gasteiger partial charge >= 0.3 is 11.7 Å². The molecule has 0 N–H and O–H groups in total. The summed E-state index contributed by atoms with van der Waals surface area (Å²) in [6.45, 7) is 3.62. The second-order valence-electron chi connectivity index (χ2n) is 6.74. The largest absolute Gasteiger partial charge is 0.451 e. The summed E-state index contributed by atoms with van der Waals surface area (Å²) >= 11 is 0. The molecule has 27 heavy (non-hydrogen) atoms. The van der Waals surface area contributed by atoms with Crippen molar-refractivity contribution in [1.82, 2.24) is 9.78 Å². The number of aromatic nitrogens is 2. The molecule has 0 unspecified atom stereocenters. The fourth-order valence-corrected chi connectivity index (χ4v) is 3.30. The summed E-state index contributed by atoms with van der Waals surface area (Å²) in [5, 5.41) is 15.3. The van der Waals surface area contributed by atoms with Crippen LogP contribution >= 0.6 is 0 Å². The lowest BCUT2D eigenvalue weighted by Gasteiger charge is -2.20. The van der Waals surface area contributed by atoms with Crippen LogP contribution in [0.2, 0.25) is 0 Å². The zero-order valence-corrected chi connectivity index (χ0v) is 15.3. The van der Waals surface area contributed by atoms with Gasteiger partial charge in [0, 0.05) is 6.42 Å². The molecule has 1 heterocycles. The predicted molar refractivity (Wildman–Crippen MR) is 96.6 cm³/mol. The highest BCUT2D eigenvalue weighted by Gasteiger charge is 2.26. The van der Waals surface area contributed by atoms with E-state index in [4.69, 9.17) is 4.74 Å². The number of hydrogen-bond acceptors (Lipinski definition) is 6. The molecule has 1 fully saturated rings. The van der Waals surface area contributed by atoms with Crippen molar-refractivity contribution in [1.29, 1.82) is 0 Å². The average molecular weight is 371 g/mol. The lowest BCUT2D eigenvalue weighted by Crippen LogP contribution is -2.30. The number of aryl methyl sites for hydroxylation is 1. The summed E-state index contributed by atoms with van der Waals surface area (Å²) in [6.07, 6.45) is 2.15. The Bertz CT molecular complexity index is 885. The van der Waals surface area contributed by atoms with Gasteiger partial charge in [0.25, 0.3) is 0 Å². The standard InChI is InChI=1S/C19H21N3O5/c1-12-18(22(25)26)13(2)21(20-12)11-14-7-9-15(10-8-14)19(24)27-17-6-4-3-5-16(17)23/h7-10,17H,3-6,11H2,1-2H3/t17-/m0/s1. The molecule has 0 saturated heterocycles. The number of hydrogen-bond donors (Lipinski definition) is 0. The minimum absolute atomic E-state index is 0.0164. The van der Waals surface area contributed by atoms with E-state index in [1.807, 2.05) is 0 Å². The molecule has 1 saturated carbocycles. The summed E-state index contributed by atoms with van der Waals surface area (Å²) in [4.78, 5) is 34.7. The van der Waals surface area contributed by atoms with Crippen LogP contribution in [0.15, 0.2) is 24.3 Å². The van der Waals surface area contributed by atoms with E-state index < -0.39 is 17.0 Å². The lowest BCUT2D eigenvalue weighted by molar-refractivity contribution is -0.386. The van der Waals surface area contributed by atoms with Crippen LogP contribution in [-0.4, -0.2) is 32.6 Å². The number of esters is 1. The second kappa shape index (κ2) is 7.69. The van der Waals surface area contributed by atoms with Gasteiger partial charge in [0.05, 0.1) is 17.0 Å². The molecule has 1 aliphatic carbocycles. The highest BCUT2D eigenvalue weighted by Crippen LogP contribution is 2.23. The van der Waals surface area contributed by atoms with Crippen molar-refractivity contribution in [2.45, 2.75) is 52.2 Å². The molecule has 0 amide bonds. The molecule has 1 aromatic heterocycles. The third-order valence-corrected chi connectivity index (χ3v) is 4.80. The predicted octanol–water partition coefficient (Wildman–Crippen LogP) is 3.12. The number of nitrogens with zero attached hydrogens (tertiary/aromatic N) is 3. The molecule has 8 nitrogen and oxygen atoms in total. The van der Waals surface area contributed by atoms with E-state index >= 15 is 0 Å². The van der Waals surface area contributed by atoms with Gasteiger partial charge in [-0.05, 0) is 50.8 Å². The van der Waals surface area contributed by atoms with E-state index in [1.54, 1.807) is 42.8 Å². The van der Waals surface area contributed by atoms with E-state index in [0.717, 1.165) is 18.4 Å². The Morgan fingerprint density at radius 1 is 1.30 bits per heavy atom. The Hall–Kier alpha value is -3.03. The Morgan fingerprint density at radius 2 is 2.00 bits per heavy atom. The quantitative estimate of drug-likeness (QED) is 0.454. The Kier molecular flexibility index (Phi) is 5.34. The van der Waals surface area contributed by atoms with Crippen molar-refractivity contribution < 1.29 is 19.2 Å². The van der Waals surface area contributed by atoms with Gasteiger partial charge < -0.3 is 4.74 Å². The van der Waals surface area contributed by atoms with Crippen molar-refractivity contribution in [3.8, 4) is 0 Å². The van der Waals surface area contributed by atoms with Crippen LogP contribution in [0.3, 0.4) is 0 Å². The van der Waals surface area contributed by atoms with Gasteiger partial charge in [-0.15, -0.1) is 0 Å². The van der Waals surface area contributed by atoms with Gasteiger partial charge in [0.2, 0.25) is 0 Å². The molecule has 3 rings (SSSR count). The number of benzene rings is 1. The molecule has 8 heteroatoms. The van der Waals surface area contributed by atoms with Gasteiger partial charge in [-0.1, -0.05) is 12.1 Å². The molecule has 0 aliphatic heterocycles. The molecule has 0 spiro atoms. The number of carbonyl (C=O) groups excluding carboxylic acids is 2. The third kappa shape index (κ3) is 4.05. The smallest absolute Gasteiger partial charge is 0.338 e. The first kappa shape index (κ1) is 18.8. The maximum absolute atomic E-state index is 12.2. The topological polar surface area (TPSA) is 104 Å². The molecule has 2 aromatic rings. The van der Waals surface area contributed by atoms with Crippen LogP contribution < -0.4 is 0 Å². The number of ketones is 1. The van der Waals surface area contributed by atoms with Crippen LogP contribution in [0.1, 0.15) is 53.0 Å². The minimum Gasteiger partial charge on any atom is -0.451 e. The molecule has 0 radical (unpaired) electrons. The normalized spacial score (nSPS) is 17.0. The van der Waals surface area contributed by atoms with Gasteiger partial charge in [-0.2, -0.15) is 5.10 Å². The number of nitro groups is 1. The first-order chi connectivity index (χ1) is 12.9. The summed E-state index contributed by atoms with van der Waals surface area (Å²) in [5.41, 5.74) is 2.09. The fourth-order valence-electron chi connectivity index (χ4n) is 3.30. The van der Waals surface area contributed by atoms with E-state index in [-0.39, 0.29) is 11.5 Å². The molecule has 1 aromatic carbocycles. The van der Waals surface area contributed by atoms with Crippen molar-refractivity contribution in [3.05, 3.63) is 56.9 Å². The van der Waals surface area contributed by atoms with E-state index in [9.17, 15) is 19.7 Å². The van der Waals surface area contributed by atoms with E-state index in [2.05, 4.69) is 5.10 Å². The lowest BCUT2D eigenvalue weighted by atomic mass is 9.96. The van der Waals surface area contributed by atoms with Crippen LogP contribution in [-0.2, 0) is 16.1 Å². The van der Waals surface area contributed by atoms with Gasteiger partial charge in [-0.3, -0.25) is 19.6 Å². The van der Waals surface area contributed by atoms with Crippen LogP contribution in [0.25, 0.3) is 0 Å². The molecular weight excluding hydrogens is 350 g/mol. The number of carbonyl (C=O) groups is 2. The Balaban J connectivity index is 1.68. The molecule has 1 aliphatic rings. The Morgan fingerprint density at radius 3 is 2.59 bits per heavy atom. The van der Waals surface area contributed by atoms with Crippen molar-refractivity contribution >= 4 is 17.4 Å². The monoisotopic (exact) mass is 371 g/mol. The van der Waals surface area contributed by atoms with Crippen molar-refractivity contribution in [2.24, 2.45) is 0 Å². The molecular formula is C19H21N3O5. The van der Waals surface area contributed by atoms with Gasteiger partial charge in [0.15, 0.2) is 11.9 Å². The second-order valence-corrected chi connectivity index (χ2v) is 6.74. The number of ether oxygens (including phenoxy) is 1.